The highest BCUT2D eigenvalue weighted by atomic mass is 35.5. The third-order valence-electron chi connectivity index (χ3n) is 6.13. The third kappa shape index (κ3) is 5.89. The standard InChI is InChI=1S/C29H30ClN5O/c1-21(2)29-32-27(31-23-8-6-7-22(30)19-23)20-28(33-29)35-17-15-34(16-18-35)24-11-13-26(14-12-24)36-25-9-4-3-5-10-25/h3-14,19-21H,15-18H2,1-2H3,(H,31,32,33). The predicted molar refractivity (Wildman–Crippen MR) is 148 cm³/mol. The first-order valence-electron chi connectivity index (χ1n) is 12.3. The van der Waals surface area contributed by atoms with E-state index in [0.717, 1.165) is 60.8 Å². The van der Waals surface area contributed by atoms with Gasteiger partial charge in [-0.05, 0) is 54.6 Å². The van der Waals surface area contributed by atoms with Gasteiger partial charge in [0.2, 0.25) is 0 Å². The maximum absolute atomic E-state index is 6.16. The van der Waals surface area contributed by atoms with Crippen LogP contribution >= 0.6 is 11.6 Å². The zero-order chi connectivity index (χ0) is 24.9. The van der Waals surface area contributed by atoms with Crippen LogP contribution in [0.3, 0.4) is 0 Å². The van der Waals surface area contributed by atoms with Gasteiger partial charge >= 0.3 is 0 Å². The number of piperazine rings is 1. The highest BCUT2D eigenvalue weighted by molar-refractivity contribution is 6.30. The van der Waals surface area contributed by atoms with E-state index < -0.39 is 0 Å². The average Bonchev–Trinajstić information content (AvgIpc) is 2.90. The minimum Gasteiger partial charge on any atom is -0.457 e. The number of ether oxygens (including phenoxy) is 1. The molecule has 1 saturated heterocycles. The van der Waals surface area contributed by atoms with Crippen LogP contribution in [0.4, 0.5) is 23.0 Å². The first-order valence-corrected chi connectivity index (χ1v) is 12.7. The van der Waals surface area contributed by atoms with Crippen LogP contribution in [-0.4, -0.2) is 36.1 Å². The van der Waals surface area contributed by atoms with E-state index in [-0.39, 0.29) is 5.92 Å². The molecule has 1 aromatic heterocycles. The third-order valence-corrected chi connectivity index (χ3v) is 6.36. The molecule has 0 bridgehead atoms. The normalized spacial score (nSPS) is 13.7. The fourth-order valence-corrected chi connectivity index (χ4v) is 4.38. The number of para-hydroxylation sites is 1. The topological polar surface area (TPSA) is 53.5 Å². The summed E-state index contributed by atoms with van der Waals surface area (Å²) in [6, 6.07) is 27.9. The Morgan fingerprint density at radius 3 is 2.17 bits per heavy atom. The first kappa shape index (κ1) is 23.9. The van der Waals surface area contributed by atoms with E-state index >= 15 is 0 Å². The number of benzene rings is 3. The van der Waals surface area contributed by atoms with Crippen LogP contribution in [0.15, 0.2) is 84.9 Å². The van der Waals surface area contributed by atoms with Crippen LogP contribution in [-0.2, 0) is 0 Å². The van der Waals surface area contributed by atoms with E-state index in [4.69, 9.17) is 26.3 Å². The van der Waals surface area contributed by atoms with Crippen molar-refractivity contribution in [1.29, 1.82) is 0 Å². The van der Waals surface area contributed by atoms with E-state index in [1.54, 1.807) is 0 Å². The van der Waals surface area contributed by atoms with Crippen LogP contribution in [0.1, 0.15) is 25.6 Å². The molecular formula is C29H30ClN5O. The Balaban J connectivity index is 1.25. The van der Waals surface area contributed by atoms with Gasteiger partial charge in [-0.2, -0.15) is 0 Å². The molecule has 184 valence electrons. The summed E-state index contributed by atoms with van der Waals surface area (Å²) in [5.74, 6) is 4.46. The average molecular weight is 500 g/mol. The first-order chi connectivity index (χ1) is 17.5. The van der Waals surface area contributed by atoms with Gasteiger partial charge in [0.05, 0.1) is 0 Å². The number of nitrogens with zero attached hydrogens (tertiary/aromatic N) is 4. The van der Waals surface area contributed by atoms with Gasteiger partial charge in [-0.25, -0.2) is 9.97 Å². The van der Waals surface area contributed by atoms with Crippen molar-refractivity contribution < 1.29 is 4.74 Å². The van der Waals surface area contributed by atoms with Crippen molar-refractivity contribution in [3.05, 3.63) is 95.8 Å². The molecule has 1 N–H and O–H groups in total. The number of nitrogens with one attached hydrogen (secondary N) is 1. The number of rotatable bonds is 7. The van der Waals surface area contributed by atoms with E-state index in [9.17, 15) is 0 Å². The van der Waals surface area contributed by atoms with Gasteiger partial charge in [-0.3, -0.25) is 0 Å². The summed E-state index contributed by atoms with van der Waals surface area (Å²) < 4.78 is 5.93. The Hall–Kier alpha value is -3.77. The van der Waals surface area contributed by atoms with Gasteiger partial charge in [0.15, 0.2) is 0 Å². The van der Waals surface area contributed by atoms with Crippen molar-refractivity contribution in [2.75, 3.05) is 41.3 Å². The van der Waals surface area contributed by atoms with Gasteiger partial charge in [0.1, 0.15) is 29.0 Å². The largest absolute Gasteiger partial charge is 0.457 e. The van der Waals surface area contributed by atoms with E-state index in [1.165, 1.54) is 5.69 Å². The summed E-state index contributed by atoms with van der Waals surface area (Å²) >= 11 is 6.16. The second-order valence-electron chi connectivity index (χ2n) is 9.14. The van der Waals surface area contributed by atoms with Crippen molar-refractivity contribution in [3.63, 3.8) is 0 Å². The SMILES string of the molecule is CC(C)c1nc(Nc2cccc(Cl)c2)cc(N2CCN(c3ccc(Oc4ccccc4)cc3)CC2)n1. The van der Waals surface area contributed by atoms with Crippen LogP contribution in [0.25, 0.3) is 0 Å². The molecule has 0 amide bonds. The molecule has 7 heteroatoms. The summed E-state index contributed by atoms with van der Waals surface area (Å²) in [5.41, 5.74) is 2.11. The molecule has 6 nitrogen and oxygen atoms in total. The van der Waals surface area contributed by atoms with Crippen molar-refractivity contribution in [3.8, 4) is 11.5 Å². The zero-order valence-corrected chi connectivity index (χ0v) is 21.3. The summed E-state index contributed by atoms with van der Waals surface area (Å²) in [4.78, 5) is 14.4. The summed E-state index contributed by atoms with van der Waals surface area (Å²) in [6.07, 6.45) is 0. The molecule has 1 fully saturated rings. The highest BCUT2D eigenvalue weighted by Gasteiger charge is 2.20. The zero-order valence-electron chi connectivity index (χ0n) is 20.6. The number of hydrogen-bond donors (Lipinski definition) is 1. The summed E-state index contributed by atoms with van der Waals surface area (Å²) in [6.45, 7) is 7.82. The molecule has 0 atom stereocenters. The molecule has 0 unspecified atom stereocenters. The number of hydrogen-bond acceptors (Lipinski definition) is 6. The smallest absolute Gasteiger partial charge is 0.136 e. The number of aromatic nitrogens is 2. The summed E-state index contributed by atoms with van der Waals surface area (Å²) in [7, 11) is 0. The van der Waals surface area contributed by atoms with Crippen molar-refractivity contribution in [2.24, 2.45) is 0 Å². The molecule has 0 saturated carbocycles. The van der Waals surface area contributed by atoms with E-state index in [1.807, 2.05) is 72.8 Å². The lowest BCUT2D eigenvalue weighted by atomic mass is 10.2. The van der Waals surface area contributed by atoms with Crippen molar-refractivity contribution >= 4 is 34.6 Å². The van der Waals surface area contributed by atoms with Gasteiger partial charge in [0.25, 0.3) is 0 Å². The number of anilines is 4. The Labute approximate surface area is 217 Å². The van der Waals surface area contributed by atoms with Crippen molar-refractivity contribution in [2.45, 2.75) is 19.8 Å². The summed E-state index contributed by atoms with van der Waals surface area (Å²) in [5, 5.41) is 4.08. The lowest BCUT2D eigenvalue weighted by Gasteiger charge is -2.37. The molecule has 0 spiro atoms. The highest BCUT2D eigenvalue weighted by Crippen LogP contribution is 2.28. The Kier molecular flexibility index (Phi) is 7.23. The fourth-order valence-electron chi connectivity index (χ4n) is 4.19. The fraction of sp³-hybridized carbons (Fsp3) is 0.241. The van der Waals surface area contributed by atoms with Crippen molar-refractivity contribution in [1.82, 2.24) is 9.97 Å². The molecule has 1 aliphatic rings. The molecule has 4 aromatic rings. The van der Waals surface area contributed by atoms with Gasteiger partial charge in [-0.1, -0.05) is 49.7 Å². The second kappa shape index (κ2) is 10.9. The minimum absolute atomic E-state index is 0.225. The van der Waals surface area contributed by atoms with Crippen LogP contribution in [0.2, 0.25) is 5.02 Å². The molecule has 2 heterocycles. The predicted octanol–water partition coefficient (Wildman–Crippen LogP) is 7.12. The molecule has 5 rings (SSSR count). The Bertz CT molecular complexity index is 1290. The minimum atomic E-state index is 0.225. The van der Waals surface area contributed by atoms with Crippen LogP contribution < -0.4 is 19.9 Å². The molecule has 36 heavy (non-hydrogen) atoms. The van der Waals surface area contributed by atoms with Crippen LogP contribution in [0, 0.1) is 0 Å². The van der Waals surface area contributed by atoms with Gasteiger partial charge < -0.3 is 19.9 Å². The Morgan fingerprint density at radius 1 is 0.778 bits per heavy atom. The number of halogens is 1. The lowest BCUT2D eigenvalue weighted by Crippen LogP contribution is -2.47. The maximum Gasteiger partial charge on any atom is 0.136 e. The molecular weight excluding hydrogens is 470 g/mol. The van der Waals surface area contributed by atoms with Gasteiger partial charge in [-0.15, -0.1) is 0 Å². The molecule has 0 aliphatic carbocycles. The van der Waals surface area contributed by atoms with Gasteiger partial charge in [0, 0.05) is 54.6 Å². The molecule has 3 aromatic carbocycles. The van der Waals surface area contributed by atoms with E-state index in [2.05, 4.69) is 41.1 Å². The molecule has 1 aliphatic heterocycles. The van der Waals surface area contributed by atoms with Crippen LogP contribution in [0.5, 0.6) is 11.5 Å². The quantitative estimate of drug-likeness (QED) is 0.292. The monoisotopic (exact) mass is 499 g/mol. The maximum atomic E-state index is 6.16. The van der Waals surface area contributed by atoms with E-state index in [0.29, 0.717) is 5.02 Å². The lowest BCUT2D eigenvalue weighted by molar-refractivity contribution is 0.482. The second-order valence-corrected chi connectivity index (χ2v) is 9.58. The Morgan fingerprint density at radius 2 is 1.47 bits per heavy atom. The molecule has 0 radical (unpaired) electrons.